The summed E-state index contributed by atoms with van der Waals surface area (Å²) in [5.41, 5.74) is 4.78. The average molecular weight is 350 g/mol. The molecule has 4 aromatic rings. The topological polar surface area (TPSA) is 34.6 Å². The van der Waals surface area contributed by atoms with Crippen LogP contribution in [0.4, 0.5) is 17.1 Å². The summed E-state index contributed by atoms with van der Waals surface area (Å²) >= 11 is 0. The second-order valence-electron chi connectivity index (χ2n) is 6.51. The number of benzene rings is 3. The summed E-state index contributed by atoms with van der Waals surface area (Å²) in [5, 5.41) is 0. The minimum Gasteiger partial charge on any atom is -0.453 e. The van der Waals surface area contributed by atoms with Gasteiger partial charge >= 0.3 is 0 Å². The Bertz CT molecular complexity index is 1120. The van der Waals surface area contributed by atoms with Crippen molar-refractivity contribution in [3.05, 3.63) is 85.1 Å². The van der Waals surface area contributed by atoms with Crippen LogP contribution in [0.1, 0.15) is 0 Å². The van der Waals surface area contributed by atoms with E-state index in [0.717, 1.165) is 51.3 Å². The number of fused-ring (bicyclic) bond motifs is 4. The zero-order chi connectivity index (χ0) is 17.8. The lowest BCUT2D eigenvalue weighted by atomic mass is 10.0. The fraction of sp³-hybridized carbons (Fsp3) is 0. The Morgan fingerprint density at radius 1 is 0.630 bits per heavy atom. The molecule has 0 N–H and O–H groups in total. The number of anilines is 3. The number of rotatable bonds is 1. The minimum atomic E-state index is 0.765. The van der Waals surface area contributed by atoms with Gasteiger partial charge in [0.15, 0.2) is 23.0 Å². The van der Waals surface area contributed by atoms with Gasteiger partial charge in [-0.25, -0.2) is 0 Å². The van der Waals surface area contributed by atoms with E-state index in [1.165, 1.54) is 0 Å². The van der Waals surface area contributed by atoms with Crippen molar-refractivity contribution in [1.82, 2.24) is 4.98 Å². The molecule has 6 rings (SSSR count). The summed E-state index contributed by atoms with van der Waals surface area (Å²) in [6.07, 6.45) is 1.79. The minimum absolute atomic E-state index is 0.765. The van der Waals surface area contributed by atoms with E-state index >= 15 is 0 Å². The van der Waals surface area contributed by atoms with Gasteiger partial charge in [0.25, 0.3) is 0 Å². The molecule has 2 aliphatic rings. The van der Waals surface area contributed by atoms with Gasteiger partial charge < -0.3 is 9.47 Å². The molecule has 3 heterocycles. The van der Waals surface area contributed by atoms with Crippen LogP contribution >= 0.6 is 0 Å². The molecule has 0 spiro atoms. The average Bonchev–Trinajstić information content (AvgIpc) is 2.74. The van der Waals surface area contributed by atoms with Crippen molar-refractivity contribution in [1.29, 1.82) is 0 Å². The van der Waals surface area contributed by atoms with Crippen LogP contribution in [0, 0.1) is 0 Å². The quantitative estimate of drug-likeness (QED) is 0.342. The second kappa shape index (κ2) is 5.35. The molecule has 0 saturated heterocycles. The maximum atomic E-state index is 6.25. The smallest absolute Gasteiger partial charge is 0.156 e. The predicted octanol–water partition coefficient (Wildman–Crippen LogP) is 6.43. The van der Waals surface area contributed by atoms with Crippen molar-refractivity contribution in [3.63, 3.8) is 0 Å². The van der Waals surface area contributed by atoms with Crippen LogP contribution < -0.4 is 14.4 Å². The van der Waals surface area contributed by atoms with E-state index < -0.39 is 0 Å². The number of nitrogens with zero attached hydrogens (tertiary/aromatic N) is 2. The molecule has 27 heavy (non-hydrogen) atoms. The van der Waals surface area contributed by atoms with E-state index in [1.807, 2.05) is 66.7 Å². The maximum Gasteiger partial charge on any atom is 0.156 e. The van der Waals surface area contributed by atoms with E-state index in [0.29, 0.717) is 0 Å². The Kier molecular flexibility index (Phi) is 2.85. The van der Waals surface area contributed by atoms with E-state index in [9.17, 15) is 0 Å². The largest absolute Gasteiger partial charge is 0.453 e. The number of aromatic nitrogens is 1. The van der Waals surface area contributed by atoms with Crippen LogP contribution in [-0.4, -0.2) is 4.98 Å². The van der Waals surface area contributed by atoms with E-state index in [2.05, 4.69) is 22.0 Å². The summed E-state index contributed by atoms with van der Waals surface area (Å²) in [6, 6.07) is 26.1. The molecule has 0 atom stereocenters. The number of para-hydroxylation sites is 4. The van der Waals surface area contributed by atoms with Gasteiger partial charge in [0.2, 0.25) is 0 Å². The first-order valence-electron chi connectivity index (χ1n) is 8.82. The molecule has 0 aliphatic carbocycles. The first-order chi connectivity index (χ1) is 13.4. The van der Waals surface area contributed by atoms with Gasteiger partial charge in [-0.2, -0.15) is 0 Å². The molecule has 4 nitrogen and oxygen atoms in total. The van der Waals surface area contributed by atoms with E-state index in [1.54, 1.807) is 6.20 Å². The van der Waals surface area contributed by atoms with Crippen molar-refractivity contribution < 1.29 is 9.47 Å². The molecule has 0 bridgehead atoms. The van der Waals surface area contributed by atoms with Crippen LogP contribution in [0.2, 0.25) is 0 Å². The molecule has 128 valence electrons. The highest BCUT2D eigenvalue weighted by Crippen LogP contribution is 2.60. The van der Waals surface area contributed by atoms with Gasteiger partial charge in [-0.1, -0.05) is 30.3 Å². The number of hydrogen-bond donors (Lipinski definition) is 0. The molecule has 3 aromatic carbocycles. The van der Waals surface area contributed by atoms with Gasteiger partial charge in [-0.3, -0.25) is 9.88 Å². The summed E-state index contributed by atoms with van der Waals surface area (Å²) in [6.45, 7) is 0. The summed E-state index contributed by atoms with van der Waals surface area (Å²) < 4.78 is 12.5. The van der Waals surface area contributed by atoms with Crippen LogP contribution in [-0.2, 0) is 0 Å². The fourth-order valence-corrected chi connectivity index (χ4v) is 3.70. The Morgan fingerprint density at radius 2 is 1.22 bits per heavy atom. The van der Waals surface area contributed by atoms with E-state index in [-0.39, 0.29) is 0 Å². The van der Waals surface area contributed by atoms with Gasteiger partial charge in [-0.05, 0) is 48.5 Å². The molecule has 0 fully saturated rings. The van der Waals surface area contributed by atoms with Crippen LogP contribution in [0.5, 0.6) is 23.0 Å². The predicted molar refractivity (Wildman–Crippen MR) is 105 cm³/mol. The normalized spacial score (nSPS) is 13.0. The number of pyridine rings is 1. The monoisotopic (exact) mass is 350 g/mol. The Hall–Kier alpha value is -3.79. The Morgan fingerprint density at radius 3 is 1.81 bits per heavy atom. The van der Waals surface area contributed by atoms with Crippen molar-refractivity contribution >= 4 is 17.1 Å². The highest BCUT2D eigenvalue weighted by Gasteiger charge is 2.34. The highest BCUT2D eigenvalue weighted by molar-refractivity contribution is 5.94. The lowest BCUT2D eigenvalue weighted by Crippen LogP contribution is -2.20. The maximum absolute atomic E-state index is 6.25. The standard InChI is InChI=1S/C23H14N2O2/c1-3-10-19-17(8-1)25-18-9-2-4-11-20(18)27-22-14-15(13-21(26-19)23(22)25)16-7-5-6-12-24-16/h1-14H. The molecule has 0 amide bonds. The third-order valence-electron chi connectivity index (χ3n) is 4.88. The van der Waals surface area contributed by atoms with Gasteiger partial charge in [0.1, 0.15) is 5.69 Å². The molecular formula is C23H14N2O2. The summed E-state index contributed by atoms with van der Waals surface area (Å²) in [7, 11) is 0. The molecule has 0 radical (unpaired) electrons. The summed E-state index contributed by atoms with van der Waals surface area (Å²) in [5.74, 6) is 3.18. The lowest BCUT2D eigenvalue weighted by Gasteiger charge is -2.38. The second-order valence-corrected chi connectivity index (χ2v) is 6.51. The van der Waals surface area contributed by atoms with Crippen LogP contribution in [0.3, 0.4) is 0 Å². The molecular weight excluding hydrogens is 336 g/mol. The van der Waals surface area contributed by atoms with Crippen molar-refractivity contribution in [2.24, 2.45) is 0 Å². The third-order valence-corrected chi connectivity index (χ3v) is 4.88. The molecule has 1 aromatic heterocycles. The van der Waals surface area contributed by atoms with Crippen molar-refractivity contribution in [2.75, 3.05) is 4.90 Å². The zero-order valence-electron chi connectivity index (χ0n) is 14.3. The van der Waals surface area contributed by atoms with E-state index in [4.69, 9.17) is 9.47 Å². The van der Waals surface area contributed by atoms with Crippen LogP contribution in [0.25, 0.3) is 11.3 Å². The van der Waals surface area contributed by atoms with Gasteiger partial charge in [0, 0.05) is 11.8 Å². The highest BCUT2D eigenvalue weighted by atomic mass is 16.5. The molecule has 2 aliphatic heterocycles. The number of ether oxygens (including phenoxy) is 2. The lowest BCUT2D eigenvalue weighted by molar-refractivity contribution is 0.446. The van der Waals surface area contributed by atoms with Gasteiger partial charge in [-0.15, -0.1) is 0 Å². The van der Waals surface area contributed by atoms with Crippen molar-refractivity contribution in [2.45, 2.75) is 0 Å². The fourth-order valence-electron chi connectivity index (χ4n) is 3.70. The summed E-state index contributed by atoms with van der Waals surface area (Å²) in [4.78, 5) is 6.69. The Labute approximate surface area is 156 Å². The van der Waals surface area contributed by atoms with Gasteiger partial charge in [0.05, 0.1) is 17.1 Å². The molecule has 0 saturated carbocycles. The number of hydrogen-bond acceptors (Lipinski definition) is 4. The first kappa shape index (κ1) is 14.4. The third kappa shape index (κ3) is 2.07. The van der Waals surface area contributed by atoms with Crippen molar-refractivity contribution in [3.8, 4) is 34.3 Å². The molecule has 4 heteroatoms. The molecule has 0 unspecified atom stereocenters. The van der Waals surface area contributed by atoms with Crippen LogP contribution in [0.15, 0.2) is 85.1 Å². The SMILES string of the molecule is c1ccc(-c2cc3c4c(c2)Oc2ccccc2N4c2ccccc2O3)nc1. The zero-order valence-corrected chi connectivity index (χ0v) is 14.3. The Balaban J connectivity index is 1.64. The first-order valence-corrected chi connectivity index (χ1v) is 8.82.